The summed E-state index contributed by atoms with van der Waals surface area (Å²) in [5.41, 5.74) is 8.62. The van der Waals surface area contributed by atoms with Crippen molar-refractivity contribution in [2.24, 2.45) is 0 Å². The molecule has 1 aromatic carbocycles. The highest BCUT2D eigenvalue weighted by molar-refractivity contribution is 7.09. The molecule has 0 radical (unpaired) electrons. The van der Waals surface area contributed by atoms with Crippen LogP contribution in [0.4, 0.5) is 11.4 Å². The van der Waals surface area contributed by atoms with E-state index < -0.39 is 0 Å². The van der Waals surface area contributed by atoms with Crippen molar-refractivity contribution in [1.82, 2.24) is 15.0 Å². The number of anilines is 2. The van der Waals surface area contributed by atoms with Crippen molar-refractivity contribution < 1.29 is 0 Å². The van der Waals surface area contributed by atoms with Gasteiger partial charge in [0.05, 0.1) is 45.9 Å². The Hall–Kier alpha value is -2.41. The van der Waals surface area contributed by atoms with Gasteiger partial charge in [-0.3, -0.25) is 4.79 Å². The summed E-state index contributed by atoms with van der Waals surface area (Å²) in [5.74, 6) is 0. The highest BCUT2D eigenvalue weighted by atomic mass is 32.1. The van der Waals surface area contributed by atoms with E-state index in [1.54, 1.807) is 23.5 Å². The largest absolute Gasteiger partial charge is 0.397 e. The van der Waals surface area contributed by atoms with Crippen molar-refractivity contribution in [3.63, 3.8) is 0 Å². The van der Waals surface area contributed by atoms with Gasteiger partial charge >= 0.3 is 0 Å². The molecule has 2 aromatic heterocycles. The summed E-state index contributed by atoms with van der Waals surface area (Å²) in [6.45, 7) is 2.55. The summed E-state index contributed by atoms with van der Waals surface area (Å²) in [6.07, 6.45) is 1.38. The monoisotopic (exact) mass is 287 g/mol. The average Bonchev–Trinajstić information content (AvgIpc) is 2.83. The number of H-pyrrole nitrogens is 1. The summed E-state index contributed by atoms with van der Waals surface area (Å²) in [4.78, 5) is 22.7. The van der Waals surface area contributed by atoms with Crippen LogP contribution in [0.15, 0.2) is 28.6 Å². The molecule has 0 aliphatic carbocycles. The SMILES string of the molecule is Cc1nc(CNc2cc3nc[nH]c(=O)c3cc2N)cs1. The molecule has 0 aliphatic heterocycles. The van der Waals surface area contributed by atoms with E-state index in [1.165, 1.54) is 6.33 Å². The third-order valence-corrected chi connectivity index (χ3v) is 3.76. The number of benzene rings is 1. The molecule has 7 heteroatoms. The lowest BCUT2D eigenvalue weighted by atomic mass is 10.2. The molecular formula is C13H13N5OS. The second kappa shape index (κ2) is 4.93. The lowest BCUT2D eigenvalue weighted by Crippen LogP contribution is -2.09. The fourth-order valence-electron chi connectivity index (χ4n) is 1.96. The van der Waals surface area contributed by atoms with Gasteiger partial charge in [-0.1, -0.05) is 0 Å². The average molecular weight is 287 g/mol. The van der Waals surface area contributed by atoms with E-state index >= 15 is 0 Å². The Morgan fingerprint density at radius 3 is 3.05 bits per heavy atom. The number of hydrogen-bond donors (Lipinski definition) is 3. The van der Waals surface area contributed by atoms with Crippen molar-refractivity contribution in [2.75, 3.05) is 11.1 Å². The molecule has 2 heterocycles. The molecule has 20 heavy (non-hydrogen) atoms. The molecule has 3 aromatic rings. The topological polar surface area (TPSA) is 96.7 Å². The molecule has 0 fully saturated rings. The van der Waals surface area contributed by atoms with Crippen molar-refractivity contribution >= 4 is 33.6 Å². The number of nitrogens with two attached hydrogens (primary N) is 1. The predicted molar refractivity (Wildman–Crippen MR) is 81.0 cm³/mol. The number of thiazole rings is 1. The van der Waals surface area contributed by atoms with Gasteiger partial charge in [0.1, 0.15) is 0 Å². The first-order valence-corrected chi connectivity index (χ1v) is 6.93. The fourth-order valence-corrected chi connectivity index (χ4v) is 2.57. The van der Waals surface area contributed by atoms with Crippen LogP contribution in [0.2, 0.25) is 0 Å². The number of aromatic amines is 1. The van der Waals surface area contributed by atoms with Crippen molar-refractivity contribution in [3.8, 4) is 0 Å². The van der Waals surface area contributed by atoms with Gasteiger partial charge in [-0.25, -0.2) is 9.97 Å². The van der Waals surface area contributed by atoms with Gasteiger partial charge < -0.3 is 16.0 Å². The number of aromatic nitrogens is 3. The molecule has 0 bridgehead atoms. The van der Waals surface area contributed by atoms with Gasteiger partial charge in [-0.15, -0.1) is 11.3 Å². The fraction of sp³-hybridized carbons (Fsp3) is 0.154. The number of nitrogen functional groups attached to an aromatic ring is 1. The van der Waals surface area contributed by atoms with Gasteiger partial charge in [-0.2, -0.15) is 0 Å². The van der Waals surface area contributed by atoms with E-state index in [9.17, 15) is 4.79 Å². The Morgan fingerprint density at radius 2 is 2.30 bits per heavy atom. The summed E-state index contributed by atoms with van der Waals surface area (Å²) >= 11 is 1.61. The highest BCUT2D eigenvalue weighted by Crippen LogP contribution is 2.23. The maximum absolute atomic E-state index is 11.6. The van der Waals surface area contributed by atoms with Crippen LogP contribution in [0.25, 0.3) is 10.9 Å². The molecule has 0 saturated carbocycles. The second-order valence-corrected chi connectivity index (χ2v) is 5.46. The number of nitrogens with one attached hydrogen (secondary N) is 2. The van der Waals surface area contributed by atoms with Crippen LogP contribution in [-0.2, 0) is 6.54 Å². The zero-order chi connectivity index (χ0) is 14.1. The number of rotatable bonds is 3. The first-order valence-electron chi connectivity index (χ1n) is 6.05. The summed E-state index contributed by atoms with van der Waals surface area (Å²) < 4.78 is 0. The van der Waals surface area contributed by atoms with E-state index in [2.05, 4.69) is 20.3 Å². The number of hydrogen-bond acceptors (Lipinski definition) is 6. The Morgan fingerprint density at radius 1 is 1.45 bits per heavy atom. The van der Waals surface area contributed by atoms with Crippen molar-refractivity contribution in [3.05, 3.63) is 44.9 Å². The Kier molecular flexibility index (Phi) is 3.11. The third-order valence-electron chi connectivity index (χ3n) is 2.94. The van der Waals surface area contributed by atoms with Crippen LogP contribution in [0.3, 0.4) is 0 Å². The Bertz CT molecular complexity index is 823. The van der Waals surface area contributed by atoms with Crippen LogP contribution in [0.5, 0.6) is 0 Å². The van der Waals surface area contributed by atoms with E-state index in [4.69, 9.17) is 5.73 Å². The molecule has 3 rings (SSSR count). The maximum atomic E-state index is 11.6. The summed E-state index contributed by atoms with van der Waals surface area (Å²) in [6, 6.07) is 3.41. The normalized spacial score (nSPS) is 10.8. The molecule has 6 nitrogen and oxygen atoms in total. The molecular weight excluding hydrogens is 274 g/mol. The van der Waals surface area contributed by atoms with Gasteiger partial charge in [0.2, 0.25) is 0 Å². The van der Waals surface area contributed by atoms with Crippen molar-refractivity contribution in [1.29, 1.82) is 0 Å². The van der Waals surface area contributed by atoms with E-state index in [1.807, 2.05) is 12.3 Å². The second-order valence-electron chi connectivity index (χ2n) is 4.40. The van der Waals surface area contributed by atoms with Gasteiger partial charge in [0.15, 0.2) is 0 Å². The molecule has 0 atom stereocenters. The van der Waals surface area contributed by atoms with Crippen LogP contribution in [0.1, 0.15) is 10.7 Å². The van der Waals surface area contributed by atoms with Gasteiger partial charge in [0.25, 0.3) is 5.56 Å². The molecule has 0 unspecified atom stereocenters. The number of nitrogens with zero attached hydrogens (tertiary/aromatic N) is 2. The van der Waals surface area contributed by atoms with Gasteiger partial charge in [0, 0.05) is 5.38 Å². The molecule has 0 amide bonds. The van der Waals surface area contributed by atoms with Crippen LogP contribution < -0.4 is 16.6 Å². The van der Waals surface area contributed by atoms with Crippen LogP contribution in [-0.4, -0.2) is 15.0 Å². The third kappa shape index (κ3) is 2.35. The molecule has 0 spiro atoms. The maximum Gasteiger partial charge on any atom is 0.258 e. The Balaban J connectivity index is 1.91. The summed E-state index contributed by atoms with van der Waals surface area (Å²) in [5, 5.41) is 6.74. The lowest BCUT2D eigenvalue weighted by Gasteiger charge is -2.09. The zero-order valence-electron chi connectivity index (χ0n) is 10.8. The number of aryl methyl sites for hydroxylation is 1. The molecule has 102 valence electrons. The molecule has 0 saturated heterocycles. The molecule has 0 aliphatic rings. The van der Waals surface area contributed by atoms with Crippen LogP contribution >= 0.6 is 11.3 Å². The minimum atomic E-state index is -0.191. The van der Waals surface area contributed by atoms with E-state index in [0.29, 0.717) is 23.1 Å². The zero-order valence-corrected chi connectivity index (χ0v) is 11.6. The predicted octanol–water partition coefficient (Wildman–Crippen LogP) is 1.88. The Labute approximate surface area is 118 Å². The molecule has 4 N–H and O–H groups in total. The standard InChI is InChI=1S/C13H13N5OS/c1-7-18-8(5-20-7)4-15-12-3-11-9(2-10(12)14)13(19)17-6-16-11/h2-3,5-6,15H,4,14H2,1H3,(H,16,17,19). The van der Waals surface area contributed by atoms with E-state index in [-0.39, 0.29) is 5.56 Å². The van der Waals surface area contributed by atoms with E-state index in [0.717, 1.165) is 16.4 Å². The van der Waals surface area contributed by atoms with Crippen molar-refractivity contribution in [2.45, 2.75) is 13.5 Å². The van der Waals surface area contributed by atoms with Crippen LogP contribution in [0, 0.1) is 6.92 Å². The summed E-state index contributed by atoms with van der Waals surface area (Å²) in [7, 11) is 0. The first kappa shape index (κ1) is 12.6. The quantitative estimate of drug-likeness (QED) is 0.639. The first-order chi connectivity index (χ1) is 9.63. The smallest absolute Gasteiger partial charge is 0.258 e. The number of fused-ring (bicyclic) bond motifs is 1. The minimum Gasteiger partial charge on any atom is -0.397 e. The van der Waals surface area contributed by atoms with Gasteiger partial charge in [-0.05, 0) is 19.1 Å². The minimum absolute atomic E-state index is 0.191. The lowest BCUT2D eigenvalue weighted by molar-refractivity contribution is 1.06. The highest BCUT2D eigenvalue weighted by Gasteiger charge is 2.06.